The molecule has 0 amide bonds. The first-order valence-electron chi connectivity index (χ1n) is 23.3. The van der Waals surface area contributed by atoms with E-state index in [-0.39, 0.29) is 12.8 Å². The fourth-order valence-electron chi connectivity index (χ4n) is 6.56. The normalized spacial score (nSPS) is 14.0. The molecule has 11 heteroatoms. The van der Waals surface area contributed by atoms with Crippen molar-refractivity contribution in [3.05, 3.63) is 24.3 Å². The molecule has 0 aliphatic rings. The van der Waals surface area contributed by atoms with Gasteiger partial charge in [0, 0.05) is 12.8 Å². The Balaban J connectivity index is 3.86. The van der Waals surface area contributed by atoms with Gasteiger partial charge in [-0.2, -0.15) is 0 Å². The second-order valence-corrected chi connectivity index (χ2v) is 17.2. The average Bonchev–Trinajstić information content (AvgIpc) is 3.20. The number of ether oxygens (including phenoxy) is 2. The summed E-state index contributed by atoms with van der Waals surface area (Å²) in [4.78, 5) is 34.5. The number of allylic oxidation sites excluding steroid dienone is 4. The second kappa shape index (κ2) is 42.6. The standard InChI is InChI=1S/C46H87O10P/c1-3-5-7-9-11-13-15-17-18-19-20-21-22-23-24-26-28-30-32-34-36-38-46(50)56-44(40-48)42-54-57(51,52)53-41-43(39-47)55-45(49)37-35-33-31-29-27-25-16-14-12-10-8-6-4-2/h15,17,19-20,43-44,47-48H,3-14,16,18,21-42H2,1-2H3,(H,51,52)/b17-15-,20-19-. The lowest BCUT2D eigenvalue weighted by Crippen LogP contribution is -2.28. The maximum Gasteiger partial charge on any atom is 0.472 e. The first kappa shape index (κ1) is 55.5. The van der Waals surface area contributed by atoms with Crippen LogP contribution in [0.2, 0.25) is 0 Å². The molecule has 3 N–H and O–H groups in total. The summed E-state index contributed by atoms with van der Waals surface area (Å²) in [5.74, 6) is -1.02. The molecule has 0 aromatic carbocycles. The number of hydrogen-bond donors (Lipinski definition) is 3. The van der Waals surface area contributed by atoms with Crippen LogP contribution in [0.3, 0.4) is 0 Å². The number of aliphatic hydroxyl groups excluding tert-OH is 2. The number of esters is 2. The fraction of sp³-hybridized carbons (Fsp3) is 0.870. The fourth-order valence-corrected chi connectivity index (χ4v) is 7.34. The zero-order valence-electron chi connectivity index (χ0n) is 36.6. The van der Waals surface area contributed by atoms with Gasteiger partial charge in [0.1, 0.15) is 12.2 Å². The highest BCUT2D eigenvalue weighted by atomic mass is 31.2. The summed E-state index contributed by atoms with van der Waals surface area (Å²) in [6.45, 7) is 2.22. The average molecular weight is 831 g/mol. The lowest BCUT2D eigenvalue weighted by Gasteiger charge is -2.20. The number of phosphoric ester groups is 1. The van der Waals surface area contributed by atoms with Crippen LogP contribution in [0.4, 0.5) is 0 Å². The van der Waals surface area contributed by atoms with Crippen molar-refractivity contribution in [1.82, 2.24) is 0 Å². The van der Waals surface area contributed by atoms with E-state index in [0.29, 0.717) is 12.8 Å². The van der Waals surface area contributed by atoms with Gasteiger partial charge in [0.15, 0.2) is 0 Å². The molecular formula is C46H87O10P. The van der Waals surface area contributed by atoms with Crippen LogP contribution in [0.25, 0.3) is 0 Å². The van der Waals surface area contributed by atoms with Crippen molar-refractivity contribution >= 4 is 19.8 Å². The topological polar surface area (TPSA) is 149 Å². The maximum absolute atomic E-state index is 12.4. The van der Waals surface area contributed by atoms with Gasteiger partial charge >= 0.3 is 19.8 Å². The molecule has 0 saturated heterocycles. The summed E-state index contributed by atoms with van der Waals surface area (Å²) in [6, 6.07) is 0. The number of hydrogen-bond acceptors (Lipinski definition) is 9. The molecule has 0 aromatic heterocycles. The van der Waals surface area contributed by atoms with Gasteiger partial charge in [-0.25, -0.2) is 4.57 Å². The minimum Gasteiger partial charge on any atom is -0.457 e. The van der Waals surface area contributed by atoms with Gasteiger partial charge in [-0.15, -0.1) is 0 Å². The van der Waals surface area contributed by atoms with E-state index in [1.54, 1.807) is 0 Å². The SMILES string of the molecule is CCCCCCC/C=C\C/C=C\CCCCCCCCCCCC(=O)OC(CO)COP(=O)(O)OCC(CO)OC(=O)CCCCCCCCCCCCCCC. The maximum atomic E-state index is 12.4. The zero-order valence-corrected chi connectivity index (χ0v) is 37.5. The van der Waals surface area contributed by atoms with E-state index in [2.05, 4.69) is 38.2 Å². The first-order valence-corrected chi connectivity index (χ1v) is 24.8. The van der Waals surface area contributed by atoms with Crippen molar-refractivity contribution in [3.63, 3.8) is 0 Å². The van der Waals surface area contributed by atoms with Gasteiger partial charge < -0.3 is 24.6 Å². The molecule has 3 atom stereocenters. The number of carbonyl (C=O) groups excluding carboxylic acids is 2. The Bertz CT molecular complexity index is 1000. The summed E-state index contributed by atoms with van der Waals surface area (Å²) in [5.41, 5.74) is 0. The number of carbonyl (C=O) groups is 2. The van der Waals surface area contributed by atoms with E-state index >= 15 is 0 Å². The van der Waals surface area contributed by atoms with Crippen molar-refractivity contribution in [3.8, 4) is 0 Å². The molecule has 0 rings (SSSR count). The van der Waals surface area contributed by atoms with Crippen molar-refractivity contribution in [2.75, 3.05) is 26.4 Å². The monoisotopic (exact) mass is 831 g/mol. The van der Waals surface area contributed by atoms with E-state index in [1.165, 1.54) is 128 Å². The zero-order chi connectivity index (χ0) is 41.9. The lowest BCUT2D eigenvalue weighted by molar-refractivity contribution is -0.153. The molecule has 0 fully saturated rings. The second-order valence-electron chi connectivity index (χ2n) is 15.7. The molecule has 57 heavy (non-hydrogen) atoms. The van der Waals surface area contributed by atoms with Gasteiger partial charge in [0.05, 0.1) is 26.4 Å². The van der Waals surface area contributed by atoms with Crippen LogP contribution >= 0.6 is 7.82 Å². The molecule has 3 unspecified atom stereocenters. The Labute approximate surface area is 348 Å². The van der Waals surface area contributed by atoms with Crippen LogP contribution in [0.1, 0.15) is 219 Å². The highest BCUT2D eigenvalue weighted by Gasteiger charge is 2.27. The third-order valence-electron chi connectivity index (χ3n) is 10.2. The quantitative estimate of drug-likeness (QED) is 0.0234. The summed E-state index contributed by atoms with van der Waals surface area (Å²) < 4.78 is 32.6. The third kappa shape index (κ3) is 41.0. The van der Waals surface area contributed by atoms with E-state index in [9.17, 15) is 29.3 Å². The Morgan fingerprint density at radius 3 is 1.09 bits per heavy atom. The Morgan fingerprint density at radius 2 is 0.772 bits per heavy atom. The molecule has 0 aliphatic heterocycles. The molecule has 0 heterocycles. The van der Waals surface area contributed by atoms with E-state index in [1.807, 2.05) is 0 Å². The van der Waals surface area contributed by atoms with Gasteiger partial charge in [0.25, 0.3) is 0 Å². The van der Waals surface area contributed by atoms with Crippen LogP contribution < -0.4 is 0 Å². The molecule has 0 aromatic rings. The minimum atomic E-state index is -4.63. The number of unbranched alkanes of at least 4 members (excludes halogenated alkanes) is 26. The van der Waals surface area contributed by atoms with Crippen molar-refractivity contribution < 1.29 is 47.8 Å². The van der Waals surface area contributed by atoms with Crippen LogP contribution in [0.15, 0.2) is 24.3 Å². The first-order chi connectivity index (χ1) is 27.8. The van der Waals surface area contributed by atoms with Crippen LogP contribution in [-0.2, 0) is 32.7 Å². The molecule has 0 bridgehead atoms. The van der Waals surface area contributed by atoms with Gasteiger partial charge in [0.2, 0.25) is 0 Å². The van der Waals surface area contributed by atoms with Crippen LogP contribution in [0.5, 0.6) is 0 Å². The highest BCUT2D eigenvalue weighted by molar-refractivity contribution is 7.47. The molecular weight excluding hydrogens is 743 g/mol. The Hall–Kier alpha value is -1.55. The van der Waals surface area contributed by atoms with Gasteiger partial charge in [-0.05, 0) is 44.9 Å². The number of aliphatic hydroxyl groups is 2. The largest absolute Gasteiger partial charge is 0.472 e. The summed E-state index contributed by atoms with van der Waals surface area (Å²) >= 11 is 0. The number of phosphoric acid groups is 1. The predicted molar refractivity (Wildman–Crippen MR) is 233 cm³/mol. The summed E-state index contributed by atoms with van der Waals surface area (Å²) in [5, 5.41) is 19.2. The smallest absolute Gasteiger partial charge is 0.457 e. The molecule has 0 saturated carbocycles. The van der Waals surface area contributed by atoms with E-state index < -0.39 is 58.4 Å². The van der Waals surface area contributed by atoms with E-state index in [0.717, 1.165) is 51.4 Å². The molecule has 0 aliphatic carbocycles. The van der Waals surface area contributed by atoms with Crippen molar-refractivity contribution in [2.45, 2.75) is 232 Å². The highest BCUT2D eigenvalue weighted by Crippen LogP contribution is 2.43. The van der Waals surface area contributed by atoms with Gasteiger partial charge in [-0.1, -0.05) is 186 Å². The van der Waals surface area contributed by atoms with Crippen LogP contribution in [0, 0.1) is 0 Å². The lowest BCUT2D eigenvalue weighted by atomic mass is 10.0. The summed E-state index contributed by atoms with van der Waals surface area (Å²) in [7, 11) is -4.63. The Kier molecular flexibility index (Phi) is 41.4. The number of rotatable bonds is 44. The van der Waals surface area contributed by atoms with Crippen molar-refractivity contribution in [1.29, 1.82) is 0 Å². The van der Waals surface area contributed by atoms with E-state index in [4.69, 9.17) is 18.5 Å². The third-order valence-corrected chi connectivity index (χ3v) is 11.1. The van der Waals surface area contributed by atoms with Crippen LogP contribution in [-0.4, -0.2) is 65.7 Å². The molecule has 336 valence electrons. The van der Waals surface area contributed by atoms with Gasteiger partial charge in [-0.3, -0.25) is 18.6 Å². The minimum absolute atomic E-state index is 0.189. The molecule has 10 nitrogen and oxygen atoms in total. The summed E-state index contributed by atoms with van der Waals surface area (Å²) in [6.07, 6.45) is 42.9. The Morgan fingerprint density at radius 1 is 0.474 bits per heavy atom. The molecule has 0 spiro atoms. The van der Waals surface area contributed by atoms with Crippen molar-refractivity contribution in [2.24, 2.45) is 0 Å². The predicted octanol–water partition coefficient (Wildman–Crippen LogP) is 12.6. The molecule has 0 radical (unpaired) electrons.